The molecule has 0 radical (unpaired) electrons. The van der Waals surface area contributed by atoms with E-state index in [1.165, 1.54) is 11.1 Å². The van der Waals surface area contributed by atoms with Crippen LogP contribution in [-0.4, -0.2) is 70.5 Å². The van der Waals surface area contributed by atoms with Gasteiger partial charge < -0.3 is 15.3 Å². The minimum Gasteiger partial charge on any atom is -0.477 e. The van der Waals surface area contributed by atoms with Crippen molar-refractivity contribution in [2.45, 2.75) is 21.3 Å². The number of carboxylic acids is 1. The molecular weight excluding hydrogens is 312 g/mol. The number of carbonyl (C=O) groups excluding carboxylic acids is 1. The van der Waals surface area contributed by atoms with Crippen LogP contribution < -0.4 is 5.32 Å². The lowest BCUT2D eigenvalue weighted by Gasteiger charge is -2.08. The zero-order valence-corrected chi connectivity index (χ0v) is 14.3. The Labute approximate surface area is 142 Å². The summed E-state index contributed by atoms with van der Waals surface area (Å²) in [5, 5.41) is 23.4. The number of hydrogen-bond donors (Lipinski definition) is 4. The Balaban J connectivity index is 0. The lowest BCUT2D eigenvalue weighted by atomic mass is 10.2. The van der Waals surface area contributed by atoms with Crippen molar-refractivity contribution in [1.29, 1.82) is 0 Å². The summed E-state index contributed by atoms with van der Waals surface area (Å²) in [6.45, 7) is 3.53. The first kappa shape index (κ1) is 23.6. The Bertz CT molecular complexity index is 618. The molecular formula is C15H28N6O3. The Morgan fingerprint density at radius 1 is 1.04 bits per heavy atom. The fourth-order valence-electron chi connectivity index (χ4n) is 1.35. The molecule has 2 aromatic heterocycles. The maximum Gasteiger partial charge on any atom is 0.354 e. The number of nitrogens with zero attached hydrogens (tertiary/aromatic N) is 3. The van der Waals surface area contributed by atoms with Crippen LogP contribution in [0.5, 0.6) is 0 Å². The molecule has 24 heavy (non-hydrogen) atoms. The molecule has 0 spiro atoms. The molecule has 0 aliphatic carbocycles. The van der Waals surface area contributed by atoms with Crippen molar-refractivity contribution in [3.63, 3.8) is 0 Å². The van der Waals surface area contributed by atoms with Gasteiger partial charge in [0.1, 0.15) is 11.4 Å². The zero-order chi connectivity index (χ0) is 18.0. The summed E-state index contributed by atoms with van der Waals surface area (Å²) in [5.74, 6) is -1.01. The van der Waals surface area contributed by atoms with Crippen LogP contribution in [0.3, 0.4) is 0 Å². The van der Waals surface area contributed by atoms with Crippen LogP contribution >= 0.6 is 0 Å². The predicted octanol–water partition coefficient (Wildman–Crippen LogP) is 1.31. The van der Waals surface area contributed by atoms with Crippen molar-refractivity contribution in [2.75, 3.05) is 28.2 Å². The van der Waals surface area contributed by atoms with E-state index in [-0.39, 0.29) is 19.0 Å². The molecule has 0 atom stereocenters. The standard InChI is InChI=1S/C7H11N3O.C5H6N2O2.C2H7N.CH4/c1-5-4-8-9-6(5)7(11)10(2)3;1-3-2-6-7-4(3)5(8)9;1-3-2;/h4H,1-3H3,(H,8,9);2H,1H3,(H,6,7)(H,8,9);3H,1-2H3;1H4. The lowest BCUT2D eigenvalue weighted by Crippen LogP contribution is -2.22. The normalized spacial score (nSPS) is 8.75. The van der Waals surface area contributed by atoms with Gasteiger partial charge in [-0.25, -0.2) is 4.79 Å². The second-order valence-electron chi connectivity index (χ2n) is 4.86. The highest BCUT2D eigenvalue weighted by atomic mass is 16.4. The maximum atomic E-state index is 11.3. The van der Waals surface area contributed by atoms with Gasteiger partial charge in [-0.1, -0.05) is 7.43 Å². The highest BCUT2D eigenvalue weighted by Gasteiger charge is 2.11. The summed E-state index contributed by atoms with van der Waals surface area (Å²) >= 11 is 0. The minimum absolute atomic E-state index is 0. The second kappa shape index (κ2) is 11.8. The quantitative estimate of drug-likeness (QED) is 0.653. The van der Waals surface area contributed by atoms with Crippen molar-refractivity contribution < 1.29 is 14.7 Å². The fourth-order valence-corrected chi connectivity index (χ4v) is 1.35. The average molecular weight is 340 g/mol. The number of nitrogens with one attached hydrogen (secondary N) is 3. The van der Waals surface area contributed by atoms with Gasteiger partial charge in [-0.05, 0) is 33.5 Å². The highest BCUT2D eigenvalue weighted by molar-refractivity contribution is 5.93. The number of hydrogen-bond acceptors (Lipinski definition) is 5. The van der Waals surface area contributed by atoms with Crippen LogP contribution in [0, 0.1) is 13.8 Å². The van der Waals surface area contributed by atoms with Crippen LogP contribution in [0.2, 0.25) is 0 Å². The van der Waals surface area contributed by atoms with E-state index >= 15 is 0 Å². The van der Waals surface area contributed by atoms with E-state index < -0.39 is 5.97 Å². The molecule has 4 N–H and O–H groups in total. The first-order valence-electron chi connectivity index (χ1n) is 6.79. The molecule has 2 heterocycles. The minimum atomic E-state index is -0.968. The van der Waals surface area contributed by atoms with Gasteiger partial charge in [0.25, 0.3) is 5.91 Å². The number of amides is 1. The Morgan fingerprint density at radius 2 is 1.42 bits per heavy atom. The van der Waals surface area contributed by atoms with E-state index in [0.717, 1.165) is 5.56 Å². The predicted molar refractivity (Wildman–Crippen MR) is 93.3 cm³/mol. The Morgan fingerprint density at radius 3 is 1.62 bits per heavy atom. The molecule has 136 valence electrons. The largest absolute Gasteiger partial charge is 0.477 e. The van der Waals surface area contributed by atoms with Gasteiger partial charge >= 0.3 is 5.97 Å². The van der Waals surface area contributed by atoms with Crippen LogP contribution in [0.15, 0.2) is 12.4 Å². The number of carbonyl (C=O) groups is 2. The smallest absolute Gasteiger partial charge is 0.354 e. The van der Waals surface area contributed by atoms with Crippen LogP contribution in [-0.2, 0) is 0 Å². The molecule has 0 aliphatic heterocycles. The van der Waals surface area contributed by atoms with E-state index in [2.05, 4.69) is 25.7 Å². The highest BCUT2D eigenvalue weighted by Crippen LogP contribution is 2.03. The number of carboxylic acid groups (broad SMARTS) is 1. The van der Waals surface area contributed by atoms with Gasteiger partial charge in [-0.15, -0.1) is 0 Å². The average Bonchev–Trinajstić information content (AvgIpc) is 3.08. The van der Waals surface area contributed by atoms with E-state index in [9.17, 15) is 9.59 Å². The van der Waals surface area contributed by atoms with Gasteiger partial charge in [0.2, 0.25) is 0 Å². The van der Waals surface area contributed by atoms with E-state index in [0.29, 0.717) is 11.3 Å². The van der Waals surface area contributed by atoms with Gasteiger partial charge in [-0.3, -0.25) is 15.0 Å². The molecule has 2 rings (SSSR count). The molecule has 1 amide bonds. The molecule has 0 unspecified atom stereocenters. The fraction of sp³-hybridized carbons (Fsp3) is 0.467. The third-order valence-corrected chi connectivity index (χ3v) is 2.49. The van der Waals surface area contributed by atoms with E-state index in [4.69, 9.17) is 5.11 Å². The third kappa shape index (κ3) is 7.54. The SMILES string of the molecule is C.CNC.Cc1cn[nH]c1C(=O)N(C)C.Cc1cn[nH]c1C(=O)O. The zero-order valence-electron chi connectivity index (χ0n) is 14.3. The van der Waals surface area contributed by atoms with Crippen LogP contribution in [0.25, 0.3) is 0 Å². The Kier molecular flexibility index (Phi) is 11.6. The molecule has 0 saturated heterocycles. The lowest BCUT2D eigenvalue weighted by molar-refractivity contribution is 0.0689. The van der Waals surface area contributed by atoms with Crippen molar-refractivity contribution in [3.05, 3.63) is 34.9 Å². The van der Waals surface area contributed by atoms with Gasteiger partial charge in [0.15, 0.2) is 0 Å². The molecule has 2 aromatic rings. The topological polar surface area (TPSA) is 127 Å². The number of aryl methyl sites for hydroxylation is 2. The summed E-state index contributed by atoms with van der Waals surface area (Å²) in [4.78, 5) is 23.0. The summed E-state index contributed by atoms with van der Waals surface area (Å²) in [6.07, 6.45) is 3.11. The molecule has 0 bridgehead atoms. The summed E-state index contributed by atoms with van der Waals surface area (Å²) in [6, 6.07) is 0. The van der Waals surface area contributed by atoms with E-state index in [1.54, 1.807) is 27.2 Å². The van der Waals surface area contributed by atoms with Crippen LogP contribution in [0.4, 0.5) is 0 Å². The van der Waals surface area contributed by atoms with Crippen molar-refractivity contribution in [2.24, 2.45) is 0 Å². The second-order valence-corrected chi connectivity index (χ2v) is 4.86. The van der Waals surface area contributed by atoms with Crippen LogP contribution in [0.1, 0.15) is 39.5 Å². The van der Waals surface area contributed by atoms with Crippen molar-refractivity contribution in [1.82, 2.24) is 30.6 Å². The number of H-pyrrole nitrogens is 2. The van der Waals surface area contributed by atoms with Gasteiger partial charge in [-0.2, -0.15) is 10.2 Å². The number of aromatic carboxylic acids is 1. The molecule has 9 heteroatoms. The molecule has 0 aromatic carbocycles. The van der Waals surface area contributed by atoms with Crippen molar-refractivity contribution in [3.8, 4) is 0 Å². The molecule has 9 nitrogen and oxygen atoms in total. The first-order chi connectivity index (χ1) is 10.8. The first-order valence-corrected chi connectivity index (χ1v) is 6.79. The van der Waals surface area contributed by atoms with Crippen molar-refractivity contribution >= 4 is 11.9 Å². The number of rotatable bonds is 2. The maximum absolute atomic E-state index is 11.3. The monoisotopic (exact) mass is 340 g/mol. The number of aromatic nitrogens is 4. The molecule has 0 fully saturated rings. The molecule has 0 aliphatic rings. The third-order valence-electron chi connectivity index (χ3n) is 2.49. The Hall–Kier alpha value is -2.68. The molecule has 0 saturated carbocycles. The van der Waals surface area contributed by atoms with Gasteiger partial charge in [0.05, 0.1) is 12.4 Å². The number of aromatic amines is 2. The summed E-state index contributed by atoms with van der Waals surface area (Å²) in [7, 11) is 7.17. The van der Waals surface area contributed by atoms with Gasteiger partial charge in [0, 0.05) is 19.7 Å². The summed E-state index contributed by atoms with van der Waals surface area (Å²) < 4.78 is 0. The summed E-state index contributed by atoms with van der Waals surface area (Å²) in [5.41, 5.74) is 2.26. The van der Waals surface area contributed by atoms with E-state index in [1.807, 2.05) is 21.0 Å².